The average molecular weight is 271 g/mol. The predicted octanol–water partition coefficient (Wildman–Crippen LogP) is 2.96. The molecule has 1 heterocycles. The number of nitrogens with zero attached hydrogens (tertiary/aromatic N) is 2. The van der Waals surface area contributed by atoms with E-state index in [2.05, 4.69) is 53.9 Å². The molecule has 0 saturated heterocycles. The Bertz CT molecular complexity index is 490. The van der Waals surface area contributed by atoms with E-state index in [1.165, 1.54) is 24.0 Å². The van der Waals surface area contributed by atoms with E-state index in [1.807, 2.05) is 17.9 Å². The van der Waals surface area contributed by atoms with E-state index in [4.69, 9.17) is 0 Å². The van der Waals surface area contributed by atoms with Gasteiger partial charge in [0.05, 0.1) is 6.20 Å². The highest BCUT2D eigenvalue weighted by molar-refractivity contribution is 5.15. The van der Waals surface area contributed by atoms with Crippen molar-refractivity contribution >= 4 is 0 Å². The maximum absolute atomic E-state index is 4.26. The second-order valence-electron chi connectivity index (χ2n) is 5.40. The van der Waals surface area contributed by atoms with Gasteiger partial charge in [-0.1, -0.05) is 37.3 Å². The first-order valence-corrected chi connectivity index (χ1v) is 7.52. The number of benzene rings is 1. The fraction of sp³-hybridized carbons (Fsp3) is 0.471. The Kier molecular flexibility index (Phi) is 5.81. The van der Waals surface area contributed by atoms with Gasteiger partial charge in [-0.05, 0) is 43.4 Å². The molecule has 0 aliphatic heterocycles. The van der Waals surface area contributed by atoms with Crippen LogP contribution in [-0.2, 0) is 19.9 Å². The van der Waals surface area contributed by atoms with Crippen LogP contribution in [0.3, 0.4) is 0 Å². The van der Waals surface area contributed by atoms with Gasteiger partial charge < -0.3 is 5.32 Å². The van der Waals surface area contributed by atoms with Gasteiger partial charge in [0.2, 0.25) is 0 Å². The number of hydrogen-bond donors (Lipinski definition) is 1. The first-order chi connectivity index (χ1) is 9.78. The molecule has 3 heteroatoms. The number of aryl methyl sites for hydroxylation is 2. The molecule has 0 aliphatic carbocycles. The molecule has 1 unspecified atom stereocenters. The van der Waals surface area contributed by atoms with Gasteiger partial charge in [0.1, 0.15) is 0 Å². The number of hydrogen-bond acceptors (Lipinski definition) is 2. The second kappa shape index (κ2) is 7.85. The summed E-state index contributed by atoms with van der Waals surface area (Å²) in [5.74, 6) is 0. The van der Waals surface area contributed by atoms with Crippen LogP contribution >= 0.6 is 0 Å². The van der Waals surface area contributed by atoms with E-state index in [9.17, 15) is 0 Å². The quantitative estimate of drug-likeness (QED) is 0.800. The Balaban J connectivity index is 1.89. The van der Waals surface area contributed by atoms with Gasteiger partial charge >= 0.3 is 0 Å². The maximum atomic E-state index is 4.26. The molecule has 1 N–H and O–H groups in total. The van der Waals surface area contributed by atoms with E-state index in [-0.39, 0.29) is 0 Å². The van der Waals surface area contributed by atoms with Gasteiger partial charge in [0.15, 0.2) is 0 Å². The Hall–Kier alpha value is -1.61. The zero-order valence-electron chi connectivity index (χ0n) is 12.5. The van der Waals surface area contributed by atoms with Crippen molar-refractivity contribution in [2.75, 3.05) is 6.54 Å². The summed E-state index contributed by atoms with van der Waals surface area (Å²) in [7, 11) is 1.97. The number of rotatable bonds is 8. The minimum Gasteiger partial charge on any atom is -0.314 e. The van der Waals surface area contributed by atoms with Crippen molar-refractivity contribution in [2.24, 2.45) is 7.05 Å². The lowest BCUT2D eigenvalue weighted by atomic mass is 10.0. The van der Waals surface area contributed by atoms with Crippen molar-refractivity contribution in [1.82, 2.24) is 15.1 Å². The summed E-state index contributed by atoms with van der Waals surface area (Å²) in [5.41, 5.74) is 2.73. The van der Waals surface area contributed by atoms with Gasteiger partial charge in [-0.15, -0.1) is 0 Å². The minimum absolute atomic E-state index is 0.527. The van der Waals surface area contributed by atoms with Crippen molar-refractivity contribution in [1.29, 1.82) is 0 Å². The molecule has 0 spiro atoms. The first-order valence-electron chi connectivity index (χ1n) is 7.52. The summed E-state index contributed by atoms with van der Waals surface area (Å²) in [5, 5.41) is 7.92. The average Bonchev–Trinajstić information content (AvgIpc) is 2.88. The van der Waals surface area contributed by atoms with Crippen LogP contribution in [0.1, 0.15) is 30.9 Å². The molecule has 0 radical (unpaired) electrons. The third-order valence-corrected chi connectivity index (χ3v) is 3.55. The van der Waals surface area contributed by atoms with E-state index in [0.29, 0.717) is 6.04 Å². The molecule has 20 heavy (non-hydrogen) atoms. The van der Waals surface area contributed by atoms with E-state index >= 15 is 0 Å². The van der Waals surface area contributed by atoms with Gasteiger partial charge in [0, 0.05) is 19.3 Å². The van der Waals surface area contributed by atoms with Gasteiger partial charge in [0.25, 0.3) is 0 Å². The fourth-order valence-corrected chi connectivity index (χ4v) is 2.47. The lowest BCUT2D eigenvalue weighted by Crippen LogP contribution is -2.32. The highest BCUT2D eigenvalue weighted by atomic mass is 15.2. The van der Waals surface area contributed by atoms with Crippen LogP contribution < -0.4 is 5.32 Å². The lowest BCUT2D eigenvalue weighted by Gasteiger charge is -2.18. The second-order valence-corrected chi connectivity index (χ2v) is 5.40. The molecule has 1 atom stereocenters. The number of aromatic nitrogens is 2. The number of nitrogens with one attached hydrogen (secondary N) is 1. The molecule has 2 aromatic rings. The SMILES string of the molecule is CCCNC(CCc1ccccc1)Cc1cnn(C)c1. The fourth-order valence-electron chi connectivity index (χ4n) is 2.47. The van der Waals surface area contributed by atoms with E-state index in [0.717, 1.165) is 19.4 Å². The van der Waals surface area contributed by atoms with E-state index in [1.54, 1.807) is 0 Å². The highest BCUT2D eigenvalue weighted by Gasteiger charge is 2.10. The molecule has 108 valence electrons. The molecular formula is C17H25N3. The summed E-state index contributed by atoms with van der Waals surface area (Å²) in [4.78, 5) is 0. The van der Waals surface area contributed by atoms with Crippen LogP contribution in [0.15, 0.2) is 42.7 Å². The van der Waals surface area contributed by atoms with Gasteiger partial charge in [-0.2, -0.15) is 5.10 Å². The van der Waals surface area contributed by atoms with Gasteiger partial charge in [-0.3, -0.25) is 4.68 Å². The minimum atomic E-state index is 0.527. The normalized spacial score (nSPS) is 12.5. The first kappa shape index (κ1) is 14.8. The third-order valence-electron chi connectivity index (χ3n) is 3.55. The van der Waals surface area contributed by atoms with E-state index < -0.39 is 0 Å². The van der Waals surface area contributed by atoms with Crippen LogP contribution in [0.25, 0.3) is 0 Å². The third kappa shape index (κ3) is 4.82. The Morgan fingerprint density at radius 2 is 2.00 bits per heavy atom. The van der Waals surface area contributed by atoms with Crippen molar-refractivity contribution < 1.29 is 0 Å². The maximum Gasteiger partial charge on any atom is 0.0522 e. The molecule has 1 aromatic carbocycles. The topological polar surface area (TPSA) is 29.9 Å². The summed E-state index contributed by atoms with van der Waals surface area (Å²) < 4.78 is 1.88. The monoisotopic (exact) mass is 271 g/mol. The standard InChI is InChI=1S/C17H25N3/c1-3-11-18-17(12-16-13-19-20(2)14-16)10-9-15-7-5-4-6-8-15/h4-8,13-14,17-18H,3,9-12H2,1-2H3. The smallest absolute Gasteiger partial charge is 0.0522 e. The summed E-state index contributed by atoms with van der Waals surface area (Å²) in [6, 6.07) is 11.3. The summed E-state index contributed by atoms with van der Waals surface area (Å²) >= 11 is 0. The lowest BCUT2D eigenvalue weighted by molar-refractivity contribution is 0.477. The van der Waals surface area contributed by atoms with Crippen molar-refractivity contribution in [3.63, 3.8) is 0 Å². The molecule has 0 amide bonds. The molecule has 0 fully saturated rings. The molecule has 0 aliphatic rings. The summed E-state index contributed by atoms with van der Waals surface area (Å²) in [6.45, 7) is 3.30. The van der Waals surface area contributed by atoms with Crippen LogP contribution in [0, 0.1) is 0 Å². The van der Waals surface area contributed by atoms with Crippen molar-refractivity contribution in [3.05, 3.63) is 53.9 Å². The van der Waals surface area contributed by atoms with Crippen LogP contribution in [0.5, 0.6) is 0 Å². The van der Waals surface area contributed by atoms with Crippen LogP contribution in [0.2, 0.25) is 0 Å². The zero-order chi connectivity index (χ0) is 14.2. The Labute approximate surface area is 122 Å². The zero-order valence-corrected chi connectivity index (χ0v) is 12.5. The molecule has 1 aromatic heterocycles. The van der Waals surface area contributed by atoms with Crippen molar-refractivity contribution in [3.8, 4) is 0 Å². The van der Waals surface area contributed by atoms with Gasteiger partial charge in [-0.25, -0.2) is 0 Å². The predicted molar refractivity (Wildman–Crippen MR) is 83.8 cm³/mol. The molecular weight excluding hydrogens is 246 g/mol. The Morgan fingerprint density at radius 3 is 2.65 bits per heavy atom. The molecule has 3 nitrogen and oxygen atoms in total. The Morgan fingerprint density at radius 1 is 1.20 bits per heavy atom. The molecule has 2 rings (SSSR count). The largest absolute Gasteiger partial charge is 0.314 e. The molecule has 0 bridgehead atoms. The van der Waals surface area contributed by atoms with Crippen molar-refractivity contribution in [2.45, 2.75) is 38.6 Å². The summed E-state index contributed by atoms with van der Waals surface area (Å²) in [6.07, 6.45) is 8.61. The van der Waals surface area contributed by atoms with Crippen LogP contribution in [-0.4, -0.2) is 22.4 Å². The molecule has 0 saturated carbocycles. The highest BCUT2D eigenvalue weighted by Crippen LogP contribution is 2.10. The van der Waals surface area contributed by atoms with Crippen LogP contribution in [0.4, 0.5) is 0 Å².